The van der Waals surface area contributed by atoms with Gasteiger partial charge in [-0.3, -0.25) is 15.0 Å². The summed E-state index contributed by atoms with van der Waals surface area (Å²) in [4.78, 5) is 43.5. The van der Waals surface area contributed by atoms with E-state index in [0.29, 0.717) is 42.3 Å². The molecule has 1 unspecified atom stereocenters. The fraction of sp³-hybridized carbons (Fsp3) is 0.457. The minimum Gasteiger partial charge on any atom is -0.497 e. The van der Waals surface area contributed by atoms with Crippen LogP contribution >= 0.6 is 11.6 Å². The molecule has 2 saturated heterocycles. The number of likely N-dealkylation sites (tertiary alicyclic amines) is 1. The molecular formula is C35H42ClFN6O8S. The SMILES string of the molecule is CCOc1ncccc1C1(NC(=O)ON2CCN(C3CCN(CC)CC3)CC2)C(=O)N(S(=O)(=O)c2ccc(OC)cc2OC)c2cc(F)c(Cl)cc21. The monoisotopic (exact) mass is 760 g/mol. The number of methoxy groups -OCH3 is 2. The largest absolute Gasteiger partial charge is 0.497 e. The summed E-state index contributed by atoms with van der Waals surface area (Å²) < 4.78 is 61.2. The Morgan fingerprint density at radius 3 is 2.40 bits per heavy atom. The zero-order valence-electron chi connectivity index (χ0n) is 29.4. The van der Waals surface area contributed by atoms with Crippen molar-refractivity contribution in [1.82, 2.24) is 25.2 Å². The van der Waals surface area contributed by atoms with E-state index >= 15 is 9.18 Å². The van der Waals surface area contributed by atoms with Crippen molar-refractivity contribution in [2.75, 3.05) is 70.9 Å². The van der Waals surface area contributed by atoms with Gasteiger partial charge in [0.25, 0.3) is 15.9 Å². The highest BCUT2D eigenvalue weighted by molar-refractivity contribution is 7.93. The van der Waals surface area contributed by atoms with Crippen LogP contribution in [-0.4, -0.2) is 113 Å². The number of pyridine rings is 1. The fourth-order valence-corrected chi connectivity index (χ4v) is 8.90. The number of ether oxygens (including phenoxy) is 3. The molecule has 52 heavy (non-hydrogen) atoms. The number of anilines is 1. The number of rotatable bonds is 11. The lowest BCUT2D eigenvalue weighted by atomic mass is 9.84. The molecule has 3 aliphatic heterocycles. The molecule has 1 aromatic heterocycles. The van der Waals surface area contributed by atoms with Gasteiger partial charge in [0, 0.05) is 56.1 Å². The average Bonchev–Trinajstić information content (AvgIpc) is 3.38. The lowest BCUT2D eigenvalue weighted by Gasteiger charge is -2.42. The Balaban J connectivity index is 1.38. The topological polar surface area (TPSA) is 143 Å². The van der Waals surface area contributed by atoms with E-state index in [1.165, 1.54) is 55.8 Å². The zero-order chi connectivity index (χ0) is 37.2. The maximum atomic E-state index is 15.3. The summed E-state index contributed by atoms with van der Waals surface area (Å²) in [7, 11) is -2.21. The molecular weight excluding hydrogens is 719 g/mol. The molecule has 14 nitrogen and oxygen atoms in total. The van der Waals surface area contributed by atoms with Gasteiger partial charge < -0.3 is 23.9 Å². The van der Waals surface area contributed by atoms with Gasteiger partial charge in [-0.25, -0.2) is 22.6 Å². The third kappa shape index (κ3) is 6.85. The number of halogens is 2. The van der Waals surface area contributed by atoms with Crippen molar-refractivity contribution in [3.8, 4) is 17.4 Å². The standard InChI is InChI=1S/C35H42ClFN6O8S/c1-5-40-14-11-23(12-15-40)41-16-18-42(19-17-41)51-34(45)39-35(25-8-7-13-38-32(25)50-6-2)26-21-27(36)28(37)22-29(26)43(33(35)44)52(46,47)31-10-9-24(48-3)20-30(31)49-4/h7-10,13,20-23H,5-6,11-12,14-19H2,1-4H3,(H,39,45). The van der Waals surface area contributed by atoms with E-state index in [4.69, 9.17) is 30.6 Å². The molecule has 2 amide bonds. The van der Waals surface area contributed by atoms with Gasteiger partial charge in [0.05, 0.1) is 37.1 Å². The van der Waals surface area contributed by atoms with E-state index in [1.807, 2.05) is 0 Å². The summed E-state index contributed by atoms with van der Waals surface area (Å²) in [5, 5.41) is 3.74. The molecule has 3 aromatic rings. The summed E-state index contributed by atoms with van der Waals surface area (Å²) in [5.41, 5.74) is -2.91. The van der Waals surface area contributed by atoms with Crippen LogP contribution in [0.15, 0.2) is 53.6 Å². The van der Waals surface area contributed by atoms with E-state index in [2.05, 4.69) is 27.0 Å². The predicted molar refractivity (Wildman–Crippen MR) is 190 cm³/mol. The molecule has 6 rings (SSSR count). The Labute approximate surface area is 307 Å². The highest BCUT2D eigenvalue weighted by Gasteiger charge is 2.59. The molecule has 0 saturated carbocycles. The Morgan fingerprint density at radius 2 is 1.75 bits per heavy atom. The average molecular weight is 761 g/mol. The Morgan fingerprint density at radius 1 is 1.02 bits per heavy atom. The van der Waals surface area contributed by atoms with E-state index < -0.39 is 43.3 Å². The smallest absolute Gasteiger partial charge is 0.427 e. The number of fused-ring (bicyclic) bond motifs is 1. The molecule has 3 aliphatic rings. The fourth-order valence-electron chi connectivity index (χ4n) is 7.14. The highest BCUT2D eigenvalue weighted by atomic mass is 35.5. The van der Waals surface area contributed by atoms with Gasteiger partial charge in [-0.05, 0) is 69.7 Å². The van der Waals surface area contributed by atoms with Gasteiger partial charge in [-0.15, -0.1) is 5.06 Å². The van der Waals surface area contributed by atoms with Crippen LogP contribution in [0.25, 0.3) is 0 Å². The number of benzene rings is 2. The second-order valence-corrected chi connectivity index (χ2v) is 14.7. The van der Waals surface area contributed by atoms with Gasteiger partial charge >= 0.3 is 6.09 Å². The predicted octanol–water partition coefficient (Wildman–Crippen LogP) is 4.01. The van der Waals surface area contributed by atoms with Crippen LogP contribution in [0.5, 0.6) is 17.4 Å². The first-order chi connectivity index (χ1) is 25.0. The summed E-state index contributed by atoms with van der Waals surface area (Å²) in [6.45, 7) is 9.24. The van der Waals surface area contributed by atoms with Gasteiger partial charge in [-0.1, -0.05) is 18.5 Å². The number of sulfonamides is 1. The van der Waals surface area contributed by atoms with E-state index in [1.54, 1.807) is 6.92 Å². The van der Waals surface area contributed by atoms with Crippen LogP contribution < -0.4 is 23.8 Å². The number of nitrogens with zero attached hydrogens (tertiary/aromatic N) is 5. The van der Waals surface area contributed by atoms with Crippen LogP contribution in [-0.2, 0) is 25.2 Å². The number of amides is 2. The molecule has 2 aromatic carbocycles. The summed E-state index contributed by atoms with van der Waals surface area (Å²) in [6, 6.07) is 9.26. The molecule has 0 spiro atoms. The Hall–Kier alpha value is -4.22. The van der Waals surface area contributed by atoms with Gasteiger partial charge in [0.15, 0.2) is 5.54 Å². The van der Waals surface area contributed by atoms with Crippen molar-refractivity contribution < 1.29 is 41.4 Å². The Bertz CT molecular complexity index is 1920. The van der Waals surface area contributed by atoms with E-state index in [0.717, 1.165) is 44.6 Å². The lowest BCUT2D eigenvalue weighted by molar-refractivity contribution is -0.134. The van der Waals surface area contributed by atoms with Gasteiger partial charge in [-0.2, -0.15) is 4.31 Å². The maximum Gasteiger partial charge on any atom is 0.427 e. The molecule has 0 aliphatic carbocycles. The van der Waals surface area contributed by atoms with Crippen molar-refractivity contribution in [3.05, 3.63) is 70.6 Å². The molecule has 4 heterocycles. The molecule has 280 valence electrons. The molecule has 0 radical (unpaired) electrons. The minimum absolute atomic E-state index is 0.0228. The van der Waals surface area contributed by atoms with Crippen molar-refractivity contribution >= 4 is 39.3 Å². The number of piperidine rings is 1. The van der Waals surface area contributed by atoms with Crippen molar-refractivity contribution in [2.45, 2.75) is 43.2 Å². The van der Waals surface area contributed by atoms with Crippen LogP contribution in [0.2, 0.25) is 5.02 Å². The second kappa shape index (κ2) is 15.4. The van der Waals surface area contributed by atoms with E-state index in [-0.39, 0.29) is 35.1 Å². The third-order valence-corrected chi connectivity index (χ3v) is 11.8. The third-order valence-electron chi connectivity index (χ3n) is 9.81. The molecule has 1 N–H and O–H groups in total. The molecule has 1 atom stereocenters. The molecule has 0 bridgehead atoms. The van der Waals surface area contributed by atoms with Crippen LogP contribution in [0.1, 0.15) is 37.8 Å². The van der Waals surface area contributed by atoms with Crippen molar-refractivity contribution in [3.63, 3.8) is 0 Å². The van der Waals surface area contributed by atoms with Crippen molar-refractivity contribution in [2.24, 2.45) is 0 Å². The quantitative estimate of drug-likeness (QED) is 0.302. The number of aromatic nitrogens is 1. The highest BCUT2D eigenvalue weighted by Crippen LogP contribution is 2.51. The van der Waals surface area contributed by atoms with Crippen LogP contribution in [0.4, 0.5) is 14.9 Å². The zero-order valence-corrected chi connectivity index (χ0v) is 31.0. The molecule has 17 heteroatoms. The van der Waals surface area contributed by atoms with E-state index in [9.17, 15) is 13.2 Å². The minimum atomic E-state index is -4.87. The van der Waals surface area contributed by atoms with Crippen LogP contribution in [0.3, 0.4) is 0 Å². The number of hydrogen-bond donors (Lipinski definition) is 1. The Kier molecular flexibility index (Phi) is 11.1. The first-order valence-corrected chi connectivity index (χ1v) is 18.9. The van der Waals surface area contributed by atoms with Crippen LogP contribution in [0, 0.1) is 5.82 Å². The number of carbonyl (C=O) groups is 2. The first kappa shape index (κ1) is 37.5. The van der Waals surface area contributed by atoms with Gasteiger partial charge in [0.2, 0.25) is 5.88 Å². The second-order valence-electron chi connectivity index (χ2n) is 12.5. The summed E-state index contributed by atoms with van der Waals surface area (Å²) in [5.74, 6) is -2.10. The maximum absolute atomic E-state index is 15.3. The summed E-state index contributed by atoms with van der Waals surface area (Å²) >= 11 is 6.31. The summed E-state index contributed by atoms with van der Waals surface area (Å²) in [6.07, 6.45) is 2.49. The number of piperazine rings is 1. The molecule has 2 fully saturated rings. The first-order valence-electron chi connectivity index (χ1n) is 17.1. The normalized spacial score (nSPS) is 20.4. The van der Waals surface area contributed by atoms with Gasteiger partial charge in [0.1, 0.15) is 22.2 Å². The number of hydroxylamine groups is 2. The van der Waals surface area contributed by atoms with Crippen molar-refractivity contribution in [1.29, 1.82) is 0 Å². The number of hydrogen-bond acceptors (Lipinski definition) is 12. The lowest BCUT2D eigenvalue weighted by Crippen LogP contribution is -2.57. The number of nitrogens with one attached hydrogen (secondary N) is 1. The number of carbonyl (C=O) groups excluding carboxylic acids is 2.